The van der Waals surface area contributed by atoms with Gasteiger partial charge in [0.25, 0.3) is 0 Å². The Morgan fingerprint density at radius 1 is 1.54 bits per heavy atom. The molecule has 1 saturated heterocycles. The molecule has 13 heavy (non-hydrogen) atoms. The summed E-state index contributed by atoms with van der Waals surface area (Å²) < 4.78 is 5.57. The fraction of sp³-hybridized carbons (Fsp3) is 1.00. The van der Waals surface area contributed by atoms with Crippen molar-refractivity contribution in [1.29, 1.82) is 0 Å². The van der Waals surface area contributed by atoms with Crippen molar-refractivity contribution in [1.82, 2.24) is 5.32 Å². The van der Waals surface area contributed by atoms with Gasteiger partial charge in [-0.1, -0.05) is 6.92 Å². The lowest BCUT2D eigenvalue weighted by Gasteiger charge is -2.13. The average Bonchev–Trinajstić information content (AvgIpc) is 2.57. The number of ether oxygens (including phenoxy) is 1. The molecule has 1 aliphatic heterocycles. The third-order valence-corrected chi connectivity index (χ3v) is 2.74. The van der Waals surface area contributed by atoms with Gasteiger partial charge in [0.15, 0.2) is 0 Å². The summed E-state index contributed by atoms with van der Waals surface area (Å²) in [6, 6.07) is 0.673. The van der Waals surface area contributed by atoms with Gasteiger partial charge in [0.05, 0.1) is 6.10 Å². The van der Waals surface area contributed by atoms with E-state index in [4.69, 9.17) is 4.74 Å². The van der Waals surface area contributed by atoms with E-state index in [0.29, 0.717) is 12.1 Å². The van der Waals surface area contributed by atoms with E-state index in [-0.39, 0.29) is 0 Å². The topological polar surface area (TPSA) is 21.3 Å². The van der Waals surface area contributed by atoms with Crippen molar-refractivity contribution in [2.75, 3.05) is 13.2 Å². The molecule has 0 aromatic heterocycles. The smallest absolute Gasteiger partial charge is 0.0576 e. The summed E-state index contributed by atoms with van der Waals surface area (Å²) >= 11 is 0. The maximum atomic E-state index is 5.57. The molecule has 0 bridgehead atoms. The zero-order valence-electron chi connectivity index (χ0n) is 9.01. The molecule has 0 aliphatic carbocycles. The van der Waals surface area contributed by atoms with Crippen LogP contribution in [0.25, 0.3) is 0 Å². The fourth-order valence-electron chi connectivity index (χ4n) is 1.97. The molecule has 0 spiro atoms. The molecule has 0 amide bonds. The van der Waals surface area contributed by atoms with Crippen molar-refractivity contribution >= 4 is 0 Å². The van der Waals surface area contributed by atoms with Crippen LogP contribution in [-0.2, 0) is 4.74 Å². The van der Waals surface area contributed by atoms with E-state index in [0.717, 1.165) is 13.2 Å². The Morgan fingerprint density at radius 2 is 2.38 bits per heavy atom. The molecule has 0 saturated carbocycles. The van der Waals surface area contributed by atoms with Gasteiger partial charge in [-0.15, -0.1) is 0 Å². The van der Waals surface area contributed by atoms with E-state index in [2.05, 4.69) is 19.2 Å². The van der Waals surface area contributed by atoms with Gasteiger partial charge in [0.1, 0.15) is 0 Å². The molecule has 1 aliphatic rings. The predicted molar refractivity (Wildman–Crippen MR) is 56.0 cm³/mol. The van der Waals surface area contributed by atoms with Crippen LogP contribution in [-0.4, -0.2) is 25.3 Å². The second-order valence-electron chi connectivity index (χ2n) is 4.02. The molecule has 1 N–H and O–H groups in total. The van der Waals surface area contributed by atoms with Crippen molar-refractivity contribution in [2.45, 2.75) is 58.1 Å². The Bertz CT molecular complexity index is 121. The first-order valence-electron chi connectivity index (χ1n) is 5.68. The van der Waals surface area contributed by atoms with Gasteiger partial charge < -0.3 is 10.1 Å². The van der Waals surface area contributed by atoms with Crippen molar-refractivity contribution in [3.05, 3.63) is 0 Å². The Kier molecular flexibility index (Phi) is 5.40. The first-order chi connectivity index (χ1) is 6.33. The highest BCUT2D eigenvalue weighted by molar-refractivity contribution is 4.67. The molecule has 1 heterocycles. The van der Waals surface area contributed by atoms with Crippen LogP contribution in [0.4, 0.5) is 0 Å². The SMILES string of the molecule is CCNC(C)CCCC1CCCO1. The molecule has 0 radical (unpaired) electrons. The quantitative estimate of drug-likeness (QED) is 0.686. The Balaban J connectivity index is 1.93. The van der Waals surface area contributed by atoms with Crippen molar-refractivity contribution in [2.24, 2.45) is 0 Å². The number of rotatable bonds is 6. The van der Waals surface area contributed by atoms with Crippen LogP contribution in [0.5, 0.6) is 0 Å². The molecule has 1 rings (SSSR count). The Hall–Kier alpha value is -0.0800. The van der Waals surface area contributed by atoms with Gasteiger partial charge in [-0.05, 0) is 45.6 Å². The first kappa shape index (κ1) is 11.0. The van der Waals surface area contributed by atoms with E-state index < -0.39 is 0 Å². The van der Waals surface area contributed by atoms with Gasteiger partial charge in [-0.2, -0.15) is 0 Å². The average molecular weight is 185 g/mol. The minimum atomic E-state index is 0.578. The van der Waals surface area contributed by atoms with E-state index in [1.165, 1.54) is 32.1 Å². The second kappa shape index (κ2) is 6.39. The molecular weight excluding hydrogens is 162 g/mol. The van der Waals surface area contributed by atoms with Crippen LogP contribution in [0.2, 0.25) is 0 Å². The van der Waals surface area contributed by atoms with Gasteiger partial charge in [0, 0.05) is 12.6 Å². The van der Waals surface area contributed by atoms with Gasteiger partial charge in [0.2, 0.25) is 0 Å². The molecule has 2 heteroatoms. The molecule has 2 unspecified atom stereocenters. The van der Waals surface area contributed by atoms with E-state index >= 15 is 0 Å². The van der Waals surface area contributed by atoms with Crippen molar-refractivity contribution < 1.29 is 4.74 Å². The van der Waals surface area contributed by atoms with Crippen LogP contribution < -0.4 is 5.32 Å². The largest absolute Gasteiger partial charge is 0.378 e. The summed E-state index contributed by atoms with van der Waals surface area (Å²) in [5.41, 5.74) is 0. The summed E-state index contributed by atoms with van der Waals surface area (Å²) in [5.74, 6) is 0. The normalized spacial score (nSPS) is 24.9. The van der Waals surface area contributed by atoms with Gasteiger partial charge in [-0.25, -0.2) is 0 Å². The van der Waals surface area contributed by atoms with Crippen molar-refractivity contribution in [3.8, 4) is 0 Å². The van der Waals surface area contributed by atoms with E-state index in [9.17, 15) is 0 Å². The molecule has 78 valence electrons. The van der Waals surface area contributed by atoms with Crippen LogP contribution in [0.15, 0.2) is 0 Å². The third kappa shape index (κ3) is 4.63. The number of nitrogens with one attached hydrogen (secondary N) is 1. The molecular formula is C11H23NO. The summed E-state index contributed by atoms with van der Waals surface area (Å²) in [6.07, 6.45) is 6.99. The zero-order valence-corrected chi connectivity index (χ0v) is 9.01. The maximum Gasteiger partial charge on any atom is 0.0576 e. The zero-order chi connectivity index (χ0) is 9.52. The monoisotopic (exact) mass is 185 g/mol. The summed E-state index contributed by atoms with van der Waals surface area (Å²) in [4.78, 5) is 0. The number of hydrogen-bond acceptors (Lipinski definition) is 2. The highest BCUT2D eigenvalue weighted by Gasteiger charge is 2.14. The summed E-state index contributed by atoms with van der Waals surface area (Å²) in [6.45, 7) is 6.50. The molecule has 2 nitrogen and oxygen atoms in total. The van der Waals surface area contributed by atoms with Crippen LogP contribution in [0.1, 0.15) is 46.0 Å². The predicted octanol–water partition coefficient (Wildman–Crippen LogP) is 2.33. The highest BCUT2D eigenvalue weighted by atomic mass is 16.5. The van der Waals surface area contributed by atoms with Crippen LogP contribution >= 0.6 is 0 Å². The Morgan fingerprint density at radius 3 is 3.00 bits per heavy atom. The maximum absolute atomic E-state index is 5.57. The van der Waals surface area contributed by atoms with Crippen molar-refractivity contribution in [3.63, 3.8) is 0 Å². The highest BCUT2D eigenvalue weighted by Crippen LogP contribution is 2.17. The van der Waals surface area contributed by atoms with E-state index in [1.807, 2.05) is 0 Å². The lowest BCUT2D eigenvalue weighted by molar-refractivity contribution is 0.101. The molecule has 2 atom stereocenters. The Labute approximate surface area is 82.0 Å². The third-order valence-electron chi connectivity index (χ3n) is 2.74. The standard InChI is InChI=1S/C11H23NO/c1-3-12-10(2)6-4-7-11-8-5-9-13-11/h10-12H,3-9H2,1-2H3. The summed E-state index contributed by atoms with van der Waals surface area (Å²) in [5, 5.41) is 3.43. The number of hydrogen-bond donors (Lipinski definition) is 1. The molecule has 1 fully saturated rings. The van der Waals surface area contributed by atoms with E-state index in [1.54, 1.807) is 0 Å². The van der Waals surface area contributed by atoms with Gasteiger partial charge >= 0.3 is 0 Å². The molecule has 0 aromatic rings. The minimum absolute atomic E-state index is 0.578. The fourth-order valence-corrected chi connectivity index (χ4v) is 1.97. The molecule has 0 aromatic carbocycles. The second-order valence-corrected chi connectivity index (χ2v) is 4.02. The summed E-state index contributed by atoms with van der Waals surface area (Å²) in [7, 11) is 0. The lowest BCUT2D eigenvalue weighted by atomic mass is 10.1. The lowest BCUT2D eigenvalue weighted by Crippen LogP contribution is -2.25. The minimum Gasteiger partial charge on any atom is -0.378 e. The van der Waals surface area contributed by atoms with Gasteiger partial charge in [-0.3, -0.25) is 0 Å². The van der Waals surface area contributed by atoms with Crippen LogP contribution in [0, 0.1) is 0 Å². The first-order valence-corrected chi connectivity index (χ1v) is 5.68. The van der Waals surface area contributed by atoms with Crippen LogP contribution in [0.3, 0.4) is 0 Å².